The zero-order valence-electron chi connectivity index (χ0n) is 9.94. The summed E-state index contributed by atoms with van der Waals surface area (Å²) in [5.41, 5.74) is 0.948. The number of anilines is 1. The van der Waals surface area contributed by atoms with Gasteiger partial charge in [0.2, 0.25) is 0 Å². The molecule has 88 valence electrons. The molecule has 1 fully saturated rings. The number of nitrogens with zero attached hydrogens (tertiary/aromatic N) is 2. The Hall–Kier alpha value is -1.16. The summed E-state index contributed by atoms with van der Waals surface area (Å²) in [6, 6.07) is 4.39. The fraction of sp³-hybridized carbons (Fsp3) is 0.667. The Morgan fingerprint density at radius 2 is 2.06 bits per heavy atom. The van der Waals surface area contributed by atoms with E-state index in [-0.39, 0.29) is 0 Å². The van der Waals surface area contributed by atoms with Gasteiger partial charge in [-0.1, -0.05) is 0 Å². The van der Waals surface area contributed by atoms with Gasteiger partial charge in [-0.2, -0.15) is 5.10 Å². The second-order valence-electron chi connectivity index (χ2n) is 4.44. The lowest BCUT2D eigenvalue weighted by Gasteiger charge is -2.28. The van der Waals surface area contributed by atoms with E-state index in [1.165, 1.54) is 0 Å². The predicted octanol–water partition coefficient (Wildman–Crippen LogP) is 2.01. The van der Waals surface area contributed by atoms with Crippen molar-refractivity contribution in [3.63, 3.8) is 0 Å². The zero-order chi connectivity index (χ0) is 11.4. The number of aromatic nitrogens is 2. The van der Waals surface area contributed by atoms with Gasteiger partial charge in [0.25, 0.3) is 0 Å². The van der Waals surface area contributed by atoms with Crippen LogP contribution in [-0.4, -0.2) is 29.5 Å². The highest BCUT2D eigenvalue weighted by molar-refractivity contribution is 5.34. The molecule has 2 heterocycles. The van der Waals surface area contributed by atoms with E-state index in [2.05, 4.69) is 22.4 Å². The zero-order valence-corrected chi connectivity index (χ0v) is 9.94. The molecule has 1 unspecified atom stereocenters. The Kier molecular flexibility index (Phi) is 3.72. The van der Waals surface area contributed by atoms with Gasteiger partial charge in [-0.25, -0.2) is 0 Å². The third kappa shape index (κ3) is 2.92. The molecule has 1 aliphatic rings. The number of aryl methyl sites for hydroxylation is 1. The molecule has 4 nitrogen and oxygen atoms in total. The van der Waals surface area contributed by atoms with Gasteiger partial charge in [-0.05, 0) is 44.7 Å². The molecule has 0 aromatic carbocycles. The molecule has 1 aromatic rings. The molecule has 1 aliphatic heterocycles. The van der Waals surface area contributed by atoms with E-state index in [4.69, 9.17) is 4.74 Å². The van der Waals surface area contributed by atoms with Gasteiger partial charge < -0.3 is 10.1 Å². The van der Waals surface area contributed by atoms with E-state index in [0.29, 0.717) is 12.0 Å². The molecule has 0 aliphatic carbocycles. The predicted molar refractivity (Wildman–Crippen MR) is 63.4 cm³/mol. The van der Waals surface area contributed by atoms with Crippen molar-refractivity contribution < 1.29 is 4.74 Å². The first-order valence-electron chi connectivity index (χ1n) is 5.90. The fourth-order valence-corrected chi connectivity index (χ4v) is 2.04. The van der Waals surface area contributed by atoms with E-state index in [1.807, 2.05) is 19.1 Å². The summed E-state index contributed by atoms with van der Waals surface area (Å²) >= 11 is 0. The van der Waals surface area contributed by atoms with Gasteiger partial charge in [-0.15, -0.1) is 5.10 Å². The summed E-state index contributed by atoms with van der Waals surface area (Å²) in [5.74, 6) is 1.54. The monoisotopic (exact) mass is 221 g/mol. The van der Waals surface area contributed by atoms with Crippen LogP contribution in [0.1, 0.15) is 25.5 Å². The molecule has 1 atom stereocenters. The molecule has 1 N–H and O–H groups in total. The average molecular weight is 221 g/mol. The summed E-state index contributed by atoms with van der Waals surface area (Å²) in [4.78, 5) is 0. The second kappa shape index (κ2) is 5.25. The molecule has 0 radical (unpaired) electrons. The Morgan fingerprint density at radius 3 is 2.69 bits per heavy atom. The maximum absolute atomic E-state index is 5.36. The topological polar surface area (TPSA) is 47.0 Å². The molecular weight excluding hydrogens is 202 g/mol. The maximum atomic E-state index is 5.36. The third-order valence-electron chi connectivity index (χ3n) is 3.15. The molecule has 0 spiro atoms. The van der Waals surface area contributed by atoms with Crippen LogP contribution in [0.5, 0.6) is 0 Å². The van der Waals surface area contributed by atoms with E-state index >= 15 is 0 Å². The maximum Gasteiger partial charge on any atom is 0.148 e. The summed E-state index contributed by atoms with van der Waals surface area (Å²) < 4.78 is 5.36. The lowest BCUT2D eigenvalue weighted by atomic mass is 9.93. The van der Waals surface area contributed by atoms with Gasteiger partial charge in [0.15, 0.2) is 0 Å². The van der Waals surface area contributed by atoms with Crippen LogP contribution < -0.4 is 5.32 Å². The molecule has 1 saturated heterocycles. The van der Waals surface area contributed by atoms with E-state index in [1.54, 1.807) is 0 Å². The molecule has 16 heavy (non-hydrogen) atoms. The van der Waals surface area contributed by atoms with Crippen molar-refractivity contribution in [3.05, 3.63) is 17.8 Å². The van der Waals surface area contributed by atoms with Gasteiger partial charge in [0.1, 0.15) is 5.82 Å². The van der Waals surface area contributed by atoms with E-state index in [0.717, 1.165) is 37.6 Å². The van der Waals surface area contributed by atoms with Crippen LogP contribution in [0.25, 0.3) is 0 Å². The Balaban J connectivity index is 1.90. The SMILES string of the molecule is Cc1ccc(NC(C)C2CCOCC2)nn1. The highest BCUT2D eigenvalue weighted by Crippen LogP contribution is 2.20. The lowest BCUT2D eigenvalue weighted by molar-refractivity contribution is 0.0622. The van der Waals surface area contributed by atoms with Crippen LogP contribution in [0.15, 0.2) is 12.1 Å². The first kappa shape index (κ1) is 11.3. The number of rotatable bonds is 3. The van der Waals surface area contributed by atoms with Gasteiger partial charge in [-0.3, -0.25) is 0 Å². The van der Waals surface area contributed by atoms with Crippen molar-refractivity contribution in [2.45, 2.75) is 32.7 Å². The standard InChI is InChI=1S/C12H19N3O/c1-9-3-4-12(15-14-9)13-10(2)11-5-7-16-8-6-11/h3-4,10-11H,5-8H2,1-2H3,(H,13,15). The minimum Gasteiger partial charge on any atom is -0.381 e. The Morgan fingerprint density at radius 1 is 1.31 bits per heavy atom. The highest BCUT2D eigenvalue weighted by atomic mass is 16.5. The summed E-state index contributed by atoms with van der Waals surface area (Å²) in [7, 11) is 0. The van der Waals surface area contributed by atoms with Crippen LogP contribution >= 0.6 is 0 Å². The van der Waals surface area contributed by atoms with Crippen molar-refractivity contribution in [1.29, 1.82) is 0 Å². The average Bonchev–Trinajstić information content (AvgIpc) is 2.33. The molecule has 4 heteroatoms. The number of ether oxygens (including phenoxy) is 1. The van der Waals surface area contributed by atoms with Crippen molar-refractivity contribution in [1.82, 2.24) is 10.2 Å². The molecular formula is C12H19N3O. The third-order valence-corrected chi connectivity index (χ3v) is 3.15. The quantitative estimate of drug-likeness (QED) is 0.848. The number of hydrogen-bond donors (Lipinski definition) is 1. The largest absolute Gasteiger partial charge is 0.381 e. The second-order valence-corrected chi connectivity index (χ2v) is 4.44. The fourth-order valence-electron chi connectivity index (χ4n) is 2.04. The van der Waals surface area contributed by atoms with Crippen LogP contribution in [0, 0.1) is 12.8 Å². The summed E-state index contributed by atoms with van der Waals surface area (Å²) in [6.07, 6.45) is 2.26. The Bertz CT molecular complexity index is 320. The van der Waals surface area contributed by atoms with Crippen LogP contribution in [-0.2, 0) is 4.74 Å². The van der Waals surface area contributed by atoms with Crippen molar-refractivity contribution in [2.75, 3.05) is 18.5 Å². The molecule has 0 bridgehead atoms. The number of nitrogens with one attached hydrogen (secondary N) is 1. The van der Waals surface area contributed by atoms with Crippen molar-refractivity contribution >= 4 is 5.82 Å². The number of hydrogen-bond acceptors (Lipinski definition) is 4. The van der Waals surface area contributed by atoms with Crippen molar-refractivity contribution in [3.8, 4) is 0 Å². The molecule has 0 saturated carbocycles. The Labute approximate surface area is 96.4 Å². The smallest absolute Gasteiger partial charge is 0.148 e. The normalized spacial score (nSPS) is 19.4. The van der Waals surface area contributed by atoms with Crippen LogP contribution in [0.3, 0.4) is 0 Å². The van der Waals surface area contributed by atoms with Crippen LogP contribution in [0.4, 0.5) is 5.82 Å². The minimum atomic E-state index is 0.431. The van der Waals surface area contributed by atoms with E-state index in [9.17, 15) is 0 Å². The van der Waals surface area contributed by atoms with E-state index < -0.39 is 0 Å². The molecule has 1 aromatic heterocycles. The van der Waals surface area contributed by atoms with Crippen molar-refractivity contribution in [2.24, 2.45) is 5.92 Å². The first-order chi connectivity index (χ1) is 7.75. The van der Waals surface area contributed by atoms with Gasteiger partial charge in [0.05, 0.1) is 5.69 Å². The molecule has 2 rings (SSSR count). The lowest BCUT2D eigenvalue weighted by Crippen LogP contribution is -2.31. The summed E-state index contributed by atoms with van der Waals surface area (Å²) in [5, 5.41) is 11.6. The highest BCUT2D eigenvalue weighted by Gasteiger charge is 2.20. The van der Waals surface area contributed by atoms with Gasteiger partial charge >= 0.3 is 0 Å². The summed E-state index contributed by atoms with van der Waals surface area (Å²) in [6.45, 7) is 5.92. The minimum absolute atomic E-state index is 0.431. The van der Waals surface area contributed by atoms with Gasteiger partial charge in [0, 0.05) is 19.3 Å². The molecule has 0 amide bonds. The first-order valence-corrected chi connectivity index (χ1v) is 5.90. The van der Waals surface area contributed by atoms with Crippen LogP contribution in [0.2, 0.25) is 0 Å².